The van der Waals surface area contributed by atoms with Gasteiger partial charge in [0.05, 0.1) is 0 Å². The lowest BCUT2D eigenvalue weighted by atomic mass is 10.0. The largest absolute Gasteiger partial charge is 0.480 e. The normalized spacial score (nSPS) is 15.2. The molecule has 2 unspecified atom stereocenters. The first-order chi connectivity index (χ1) is 17.5. The molecule has 0 saturated carbocycles. The molecule has 2 aromatic rings. The highest BCUT2D eigenvalue weighted by molar-refractivity contribution is 5.92. The number of amides is 4. The van der Waals surface area contributed by atoms with E-state index < -0.39 is 35.4 Å². The minimum Gasteiger partial charge on any atom is -0.480 e. The van der Waals surface area contributed by atoms with Crippen molar-refractivity contribution >= 4 is 23.8 Å². The first-order valence-corrected chi connectivity index (χ1v) is 12.2. The molecule has 1 aliphatic rings. The molecule has 0 aliphatic carbocycles. The fourth-order valence-corrected chi connectivity index (χ4v) is 4.03. The fraction of sp³-hybridized carbons (Fsp3) is 0.357. The fourth-order valence-electron chi connectivity index (χ4n) is 4.03. The standard InChI is InChI=1S/C28H34N4O5/c1-28(2,3)32-16-10-15-31(27(32)37)19-24(33)29-22(17-20-11-6-4-7-12-20)25(34)30-23(26(35)36)18-21-13-8-5-9-14-21/h4-15,22-23H,16-19H2,1-3H3,(H,29,33)(H,30,34)(H,35,36). The summed E-state index contributed by atoms with van der Waals surface area (Å²) in [5.41, 5.74) is 1.14. The van der Waals surface area contributed by atoms with Crippen LogP contribution in [-0.2, 0) is 27.2 Å². The summed E-state index contributed by atoms with van der Waals surface area (Å²) >= 11 is 0. The van der Waals surface area contributed by atoms with Gasteiger partial charge in [-0.05, 0) is 38.0 Å². The molecule has 9 heteroatoms. The number of carbonyl (C=O) groups is 4. The van der Waals surface area contributed by atoms with Crippen molar-refractivity contribution in [2.24, 2.45) is 0 Å². The van der Waals surface area contributed by atoms with E-state index in [1.165, 1.54) is 4.90 Å². The molecular formula is C28H34N4O5. The summed E-state index contributed by atoms with van der Waals surface area (Å²) in [5, 5.41) is 15.0. The molecule has 0 saturated heterocycles. The van der Waals surface area contributed by atoms with Crippen LogP contribution in [0, 0.1) is 0 Å². The molecule has 0 fully saturated rings. The van der Waals surface area contributed by atoms with Gasteiger partial charge in [0.15, 0.2) is 0 Å². The van der Waals surface area contributed by atoms with Gasteiger partial charge in [-0.2, -0.15) is 0 Å². The Kier molecular flexibility index (Phi) is 9.05. The second-order valence-corrected chi connectivity index (χ2v) is 9.98. The van der Waals surface area contributed by atoms with Crippen LogP contribution in [-0.4, -0.2) is 69.4 Å². The van der Waals surface area contributed by atoms with E-state index in [9.17, 15) is 24.3 Å². The summed E-state index contributed by atoms with van der Waals surface area (Å²) in [6.45, 7) is 5.91. The lowest BCUT2D eigenvalue weighted by Gasteiger charge is -2.40. The van der Waals surface area contributed by atoms with Crippen molar-refractivity contribution in [1.29, 1.82) is 0 Å². The maximum Gasteiger partial charge on any atom is 0.326 e. The molecule has 1 heterocycles. The summed E-state index contributed by atoms with van der Waals surface area (Å²) in [6, 6.07) is 15.6. The third kappa shape index (κ3) is 7.93. The monoisotopic (exact) mass is 506 g/mol. The molecule has 0 radical (unpaired) electrons. The van der Waals surface area contributed by atoms with Crippen LogP contribution >= 0.6 is 0 Å². The molecular weight excluding hydrogens is 472 g/mol. The predicted octanol–water partition coefficient (Wildman–Crippen LogP) is 2.58. The third-order valence-corrected chi connectivity index (χ3v) is 6.01. The van der Waals surface area contributed by atoms with Crippen LogP contribution < -0.4 is 10.6 Å². The van der Waals surface area contributed by atoms with E-state index in [4.69, 9.17) is 0 Å². The van der Waals surface area contributed by atoms with Gasteiger partial charge in [0.2, 0.25) is 11.8 Å². The number of urea groups is 1. The Balaban J connectivity index is 1.73. The predicted molar refractivity (Wildman–Crippen MR) is 139 cm³/mol. The highest BCUT2D eigenvalue weighted by Crippen LogP contribution is 2.19. The van der Waals surface area contributed by atoms with Gasteiger partial charge in [-0.15, -0.1) is 0 Å². The van der Waals surface area contributed by atoms with E-state index in [1.807, 2.05) is 57.2 Å². The Labute approximate surface area is 217 Å². The average Bonchev–Trinajstić information content (AvgIpc) is 2.85. The van der Waals surface area contributed by atoms with Crippen LogP contribution in [0.25, 0.3) is 0 Å². The van der Waals surface area contributed by atoms with Gasteiger partial charge in [0, 0.05) is 31.1 Å². The summed E-state index contributed by atoms with van der Waals surface area (Å²) in [7, 11) is 0. The minimum absolute atomic E-state index is 0.101. The Morgan fingerprint density at radius 2 is 1.43 bits per heavy atom. The summed E-state index contributed by atoms with van der Waals surface area (Å²) in [4.78, 5) is 53.9. The number of carboxylic acid groups (broad SMARTS) is 1. The molecule has 0 spiro atoms. The maximum absolute atomic E-state index is 13.2. The molecule has 0 bridgehead atoms. The van der Waals surface area contributed by atoms with E-state index in [1.54, 1.807) is 41.4 Å². The van der Waals surface area contributed by atoms with Crippen LogP contribution in [0.1, 0.15) is 31.9 Å². The molecule has 1 aliphatic heterocycles. The number of aliphatic carboxylic acids is 1. The van der Waals surface area contributed by atoms with Crippen molar-refractivity contribution < 1.29 is 24.3 Å². The zero-order valence-corrected chi connectivity index (χ0v) is 21.4. The van der Waals surface area contributed by atoms with Crippen molar-refractivity contribution in [3.05, 3.63) is 84.1 Å². The van der Waals surface area contributed by atoms with Crippen LogP contribution in [0.3, 0.4) is 0 Å². The van der Waals surface area contributed by atoms with Crippen molar-refractivity contribution in [3.8, 4) is 0 Å². The molecule has 3 rings (SSSR count). The summed E-state index contributed by atoms with van der Waals surface area (Å²) < 4.78 is 0. The lowest BCUT2D eigenvalue weighted by molar-refractivity contribution is -0.142. The van der Waals surface area contributed by atoms with Crippen LogP contribution in [0.15, 0.2) is 72.9 Å². The van der Waals surface area contributed by atoms with Gasteiger partial charge in [-0.25, -0.2) is 9.59 Å². The van der Waals surface area contributed by atoms with Gasteiger partial charge in [-0.1, -0.05) is 60.7 Å². The number of carbonyl (C=O) groups excluding carboxylic acids is 3. The first kappa shape index (κ1) is 27.4. The number of nitrogens with one attached hydrogen (secondary N) is 2. The average molecular weight is 507 g/mol. The molecule has 2 atom stereocenters. The number of hydrogen-bond acceptors (Lipinski definition) is 4. The lowest BCUT2D eigenvalue weighted by Crippen LogP contribution is -2.56. The number of nitrogens with zero attached hydrogens (tertiary/aromatic N) is 2. The SMILES string of the molecule is CC(C)(C)N1CC=CN(CC(=O)NC(Cc2ccccc2)C(=O)NC(Cc2ccccc2)C(=O)O)C1=O. The first-order valence-electron chi connectivity index (χ1n) is 12.2. The Morgan fingerprint density at radius 1 is 0.892 bits per heavy atom. The highest BCUT2D eigenvalue weighted by Gasteiger charge is 2.33. The summed E-state index contributed by atoms with van der Waals surface area (Å²) in [6.07, 6.45) is 3.63. The van der Waals surface area contributed by atoms with Crippen molar-refractivity contribution in [1.82, 2.24) is 20.4 Å². The van der Waals surface area contributed by atoms with Crippen LogP contribution in [0.4, 0.5) is 4.79 Å². The number of carboxylic acids is 1. The van der Waals surface area contributed by atoms with Crippen LogP contribution in [0.2, 0.25) is 0 Å². The van der Waals surface area contributed by atoms with Gasteiger partial charge in [0.25, 0.3) is 0 Å². The van der Waals surface area contributed by atoms with Gasteiger partial charge in [0.1, 0.15) is 18.6 Å². The maximum atomic E-state index is 13.2. The number of hydrogen-bond donors (Lipinski definition) is 3. The van der Waals surface area contributed by atoms with Crippen LogP contribution in [0.5, 0.6) is 0 Å². The van der Waals surface area contributed by atoms with Gasteiger partial charge < -0.3 is 20.6 Å². The van der Waals surface area contributed by atoms with E-state index >= 15 is 0 Å². The molecule has 4 amide bonds. The second kappa shape index (κ2) is 12.2. The molecule has 37 heavy (non-hydrogen) atoms. The second-order valence-electron chi connectivity index (χ2n) is 9.98. The van der Waals surface area contributed by atoms with E-state index in [-0.39, 0.29) is 25.4 Å². The highest BCUT2D eigenvalue weighted by atomic mass is 16.4. The quantitative estimate of drug-likeness (QED) is 0.458. The van der Waals surface area contributed by atoms with E-state index in [0.717, 1.165) is 11.1 Å². The van der Waals surface area contributed by atoms with Crippen molar-refractivity contribution in [2.45, 2.75) is 51.2 Å². The van der Waals surface area contributed by atoms with E-state index in [0.29, 0.717) is 6.54 Å². The zero-order valence-electron chi connectivity index (χ0n) is 21.4. The van der Waals surface area contributed by atoms with Crippen molar-refractivity contribution in [3.63, 3.8) is 0 Å². The Hall–Kier alpha value is -4.14. The molecule has 9 nitrogen and oxygen atoms in total. The van der Waals surface area contributed by atoms with Crippen molar-refractivity contribution in [2.75, 3.05) is 13.1 Å². The number of rotatable bonds is 10. The molecule has 196 valence electrons. The Morgan fingerprint density at radius 3 is 1.95 bits per heavy atom. The zero-order chi connectivity index (χ0) is 27.0. The van der Waals surface area contributed by atoms with Gasteiger partial charge >= 0.3 is 12.0 Å². The van der Waals surface area contributed by atoms with Gasteiger partial charge in [-0.3, -0.25) is 14.5 Å². The molecule has 3 N–H and O–H groups in total. The minimum atomic E-state index is -1.17. The summed E-state index contributed by atoms with van der Waals surface area (Å²) in [5.74, 6) is -2.31. The smallest absolute Gasteiger partial charge is 0.326 e. The third-order valence-electron chi connectivity index (χ3n) is 6.01. The van der Waals surface area contributed by atoms with E-state index in [2.05, 4.69) is 10.6 Å². The number of benzene rings is 2. The Bertz CT molecular complexity index is 1130. The molecule has 2 aromatic carbocycles. The molecule has 0 aromatic heterocycles. The topological polar surface area (TPSA) is 119 Å².